The van der Waals surface area contributed by atoms with E-state index < -0.39 is 5.97 Å². The van der Waals surface area contributed by atoms with Crippen molar-refractivity contribution in [3.8, 4) is 0 Å². The predicted molar refractivity (Wildman–Crippen MR) is 91.0 cm³/mol. The first-order valence-corrected chi connectivity index (χ1v) is 8.29. The lowest BCUT2D eigenvalue weighted by Gasteiger charge is -2.34. The molecular formula is C18H26N2O4. The van der Waals surface area contributed by atoms with Crippen LogP contribution in [-0.2, 0) is 20.7 Å². The fourth-order valence-corrected chi connectivity index (χ4v) is 2.86. The van der Waals surface area contributed by atoms with Crippen molar-refractivity contribution in [3.05, 3.63) is 35.4 Å². The van der Waals surface area contributed by atoms with Gasteiger partial charge in [0.25, 0.3) is 0 Å². The topological polar surface area (TPSA) is 70.1 Å². The van der Waals surface area contributed by atoms with Crippen molar-refractivity contribution in [2.24, 2.45) is 0 Å². The van der Waals surface area contributed by atoms with E-state index >= 15 is 0 Å². The molecule has 1 aromatic rings. The van der Waals surface area contributed by atoms with Gasteiger partial charge in [-0.1, -0.05) is 29.8 Å². The van der Waals surface area contributed by atoms with Gasteiger partial charge in [-0.2, -0.15) is 0 Å². The average Bonchev–Trinajstić information content (AvgIpc) is 2.53. The van der Waals surface area contributed by atoms with Crippen LogP contribution in [0.15, 0.2) is 24.3 Å². The zero-order valence-corrected chi connectivity index (χ0v) is 14.4. The Morgan fingerprint density at radius 2 is 2.04 bits per heavy atom. The second-order valence-corrected chi connectivity index (χ2v) is 6.41. The van der Waals surface area contributed by atoms with Gasteiger partial charge < -0.3 is 14.7 Å². The van der Waals surface area contributed by atoms with Gasteiger partial charge in [0.2, 0.25) is 5.91 Å². The number of likely N-dealkylation sites (N-methyl/N-ethyl adjacent to an activating group) is 1. The number of ether oxygens (including phenoxy) is 1. The average molecular weight is 334 g/mol. The lowest BCUT2D eigenvalue weighted by molar-refractivity contribution is -0.142. The predicted octanol–water partition coefficient (Wildman–Crippen LogP) is 1.17. The van der Waals surface area contributed by atoms with Crippen molar-refractivity contribution in [1.29, 1.82) is 0 Å². The van der Waals surface area contributed by atoms with Crippen LogP contribution in [0.4, 0.5) is 0 Å². The molecule has 1 fully saturated rings. The van der Waals surface area contributed by atoms with Gasteiger partial charge in [0, 0.05) is 26.1 Å². The van der Waals surface area contributed by atoms with Crippen molar-refractivity contribution >= 4 is 11.9 Å². The van der Waals surface area contributed by atoms with Gasteiger partial charge in [-0.15, -0.1) is 0 Å². The van der Waals surface area contributed by atoms with Crippen LogP contribution in [0.25, 0.3) is 0 Å². The first-order chi connectivity index (χ1) is 11.4. The van der Waals surface area contributed by atoms with Crippen LogP contribution in [0.2, 0.25) is 0 Å². The summed E-state index contributed by atoms with van der Waals surface area (Å²) < 4.78 is 5.66. The molecule has 0 saturated carbocycles. The highest BCUT2D eigenvalue weighted by Gasteiger charge is 2.25. The molecule has 0 aliphatic carbocycles. The monoisotopic (exact) mass is 334 g/mol. The second kappa shape index (κ2) is 8.80. The number of benzene rings is 1. The molecule has 1 amide bonds. The van der Waals surface area contributed by atoms with Crippen LogP contribution >= 0.6 is 0 Å². The summed E-state index contributed by atoms with van der Waals surface area (Å²) in [4.78, 5) is 26.7. The molecule has 0 radical (unpaired) electrons. The van der Waals surface area contributed by atoms with E-state index in [1.807, 2.05) is 11.8 Å². The molecule has 1 aliphatic rings. The maximum Gasteiger partial charge on any atom is 0.317 e. The second-order valence-electron chi connectivity index (χ2n) is 6.41. The first-order valence-electron chi connectivity index (χ1n) is 8.29. The van der Waals surface area contributed by atoms with Crippen molar-refractivity contribution < 1.29 is 19.4 Å². The molecular weight excluding hydrogens is 308 g/mol. The molecule has 1 saturated heterocycles. The third-order valence-corrected chi connectivity index (χ3v) is 4.16. The molecule has 0 aromatic heterocycles. The first kappa shape index (κ1) is 18.4. The van der Waals surface area contributed by atoms with E-state index in [9.17, 15) is 9.59 Å². The number of carboxylic acids is 1. The molecule has 1 unspecified atom stereocenters. The number of aryl methyl sites for hydroxylation is 2. The summed E-state index contributed by atoms with van der Waals surface area (Å²) in [6.07, 6.45) is 1.09. The number of rotatable bonds is 7. The summed E-state index contributed by atoms with van der Waals surface area (Å²) in [6.45, 7) is 4.16. The standard InChI is InChI=1S/C18H26N2O4/c1-14-3-5-15(6-4-14)7-8-17(21)20-9-10-24-16(12-20)11-19(2)13-18(22)23/h3-6,16H,7-13H2,1-2H3,(H,22,23). The zero-order chi connectivity index (χ0) is 17.5. The lowest BCUT2D eigenvalue weighted by atomic mass is 10.1. The Bertz CT molecular complexity index is 559. The molecule has 1 aromatic carbocycles. The number of carbonyl (C=O) groups excluding carboxylic acids is 1. The van der Waals surface area contributed by atoms with Gasteiger partial charge in [0.1, 0.15) is 0 Å². The Labute approximate surface area is 143 Å². The highest BCUT2D eigenvalue weighted by molar-refractivity contribution is 5.76. The fraction of sp³-hybridized carbons (Fsp3) is 0.556. The maximum atomic E-state index is 12.4. The lowest BCUT2D eigenvalue weighted by Crippen LogP contribution is -2.49. The number of nitrogens with zero attached hydrogens (tertiary/aromatic N) is 2. The Kier molecular flexibility index (Phi) is 6.75. The van der Waals surface area contributed by atoms with E-state index in [0.717, 1.165) is 6.42 Å². The Hall–Kier alpha value is -1.92. The van der Waals surface area contributed by atoms with Gasteiger partial charge in [-0.25, -0.2) is 0 Å². The molecule has 24 heavy (non-hydrogen) atoms. The fourth-order valence-electron chi connectivity index (χ4n) is 2.86. The SMILES string of the molecule is Cc1ccc(CCC(=O)N2CCOC(CN(C)CC(=O)O)C2)cc1. The summed E-state index contributed by atoms with van der Waals surface area (Å²) in [6, 6.07) is 8.24. The Morgan fingerprint density at radius 3 is 2.71 bits per heavy atom. The number of aliphatic carboxylic acids is 1. The maximum absolute atomic E-state index is 12.4. The van der Waals surface area contributed by atoms with E-state index in [1.165, 1.54) is 11.1 Å². The van der Waals surface area contributed by atoms with E-state index in [4.69, 9.17) is 9.84 Å². The summed E-state index contributed by atoms with van der Waals surface area (Å²) in [5, 5.41) is 8.80. The minimum atomic E-state index is -0.862. The van der Waals surface area contributed by atoms with E-state index in [-0.39, 0.29) is 18.6 Å². The molecule has 0 bridgehead atoms. The van der Waals surface area contributed by atoms with Crippen LogP contribution in [0.1, 0.15) is 17.5 Å². The number of hydrogen-bond donors (Lipinski definition) is 1. The van der Waals surface area contributed by atoms with Crippen molar-refractivity contribution in [1.82, 2.24) is 9.80 Å². The van der Waals surface area contributed by atoms with E-state index in [2.05, 4.69) is 24.3 Å². The molecule has 1 aliphatic heterocycles. The molecule has 2 rings (SSSR count). The normalized spacial score (nSPS) is 18.0. The minimum Gasteiger partial charge on any atom is -0.480 e. The molecule has 0 spiro atoms. The van der Waals surface area contributed by atoms with E-state index in [0.29, 0.717) is 32.7 Å². The Morgan fingerprint density at radius 1 is 1.33 bits per heavy atom. The quantitative estimate of drug-likeness (QED) is 0.811. The molecule has 1 N–H and O–H groups in total. The van der Waals surface area contributed by atoms with Crippen LogP contribution in [0.3, 0.4) is 0 Å². The molecule has 6 nitrogen and oxygen atoms in total. The third kappa shape index (κ3) is 5.94. The minimum absolute atomic E-state index is 0.0266. The van der Waals surface area contributed by atoms with Crippen LogP contribution < -0.4 is 0 Å². The summed E-state index contributed by atoms with van der Waals surface area (Å²) in [5.74, 6) is -0.732. The number of morpholine rings is 1. The van der Waals surface area contributed by atoms with Crippen molar-refractivity contribution in [2.45, 2.75) is 25.9 Å². The summed E-state index contributed by atoms with van der Waals surface area (Å²) in [5.41, 5.74) is 2.38. The highest BCUT2D eigenvalue weighted by atomic mass is 16.5. The Balaban J connectivity index is 1.79. The van der Waals surface area contributed by atoms with Gasteiger partial charge in [-0.05, 0) is 26.0 Å². The third-order valence-electron chi connectivity index (χ3n) is 4.16. The van der Waals surface area contributed by atoms with Crippen LogP contribution in [-0.4, -0.2) is 72.7 Å². The van der Waals surface area contributed by atoms with Gasteiger partial charge in [-0.3, -0.25) is 14.5 Å². The summed E-state index contributed by atoms with van der Waals surface area (Å²) in [7, 11) is 1.75. The number of carbonyl (C=O) groups is 2. The highest BCUT2D eigenvalue weighted by Crippen LogP contribution is 2.11. The number of amides is 1. The molecule has 132 valence electrons. The molecule has 6 heteroatoms. The zero-order valence-electron chi connectivity index (χ0n) is 14.4. The molecule has 1 heterocycles. The van der Waals surface area contributed by atoms with E-state index in [1.54, 1.807) is 11.9 Å². The smallest absolute Gasteiger partial charge is 0.317 e. The summed E-state index contributed by atoms with van der Waals surface area (Å²) >= 11 is 0. The van der Waals surface area contributed by atoms with Crippen molar-refractivity contribution in [3.63, 3.8) is 0 Å². The van der Waals surface area contributed by atoms with Crippen LogP contribution in [0.5, 0.6) is 0 Å². The largest absolute Gasteiger partial charge is 0.480 e. The van der Waals surface area contributed by atoms with Gasteiger partial charge in [0.15, 0.2) is 0 Å². The van der Waals surface area contributed by atoms with Crippen LogP contribution in [0, 0.1) is 6.92 Å². The van der Waals surface area contributed by atoms with Crippen molar-refractivity contribution in [2.75, 3.05) is 39.8 Å². The van der Waals surface area contributed by atoms with Gasteiger partial charge >= 0.3 is 5.97 Å². The van der Waals surface area contributed by atoms with Gasteiger partial charge in [0.05, 0.1) is 19.3 Å². The number of hydrogen-bond acceptors (Lipinski definition) is 4. The number of carboxylic acid groups (broad SMARTS) is 1. The molecule has 1 atom stereocenters.